The Kier molecular flexibility index (Phi) is 3.83. The summed E-state index contributed by atoms with van der Waals surface area (Å²) < 4.78 is 0. The first kappa shape index (κ1) is 12.8. The Morgan fingerprint density at radius 3 is 2.50 bits per heavy atom. The predicted molar refractivity (Wildman–Crippen MR) is 63.6 cm³/mol. The molecule has 6 heteroatoms. The van der Waals surface area contributed by atoms with Gasteiger partial charge in [-0.2, -0.15) is 10.2 Å². The molecule has 0 saturated heterocycles. The monoisotopic (exact) mass is 250 g/mol. The van der Waals surface area contributed by atoms with Crippen LogP contribution in [0.2, 0.25) is 0 Å². The molecule has 0 radical (unpaired) electrons. The van der Waals surface area contributed by atoms with E-state index in [1.165, 1.54) is 0 Å². The maximum atomic E-state index is 9.83. The summed E-state index contributed by atoms with van der Waals surface area (Å²) in [6.07, 6.45) is -4.33. The van der Waals surface area contributed by atoms with E-state index in [9.17, 15) is 15.3 Å². The Bertz CT molecular complexity index is 534. The molecule has 0 fully saturated rings. The van der Waals surface area contributed by atoms with Crippen molar-refractivity contribution in [3.05, 3.63) is 36.0 Å². The molecular weight excluding hydrogens is 236 g/mol. The summed E-state index contributed by atoms with van der Waals surface area (Å²) >= 11 is 0. The lowest BCUT2D eigenvalue weighted by atomic mass is 10.0. The number of aliphatic hydroxyl groups excluding tert-OH is 4. The largest absolute Gasteiger partial charge is 0.394 e. The van der Waals surface area contributed by atoms with Crippen molar-refractivity contribution in [3.8, 4) is 0 Å². The van der Waals surface area contributed by atoms with Crippen LogP contribution in [-0.2, 0) is 0 Å². The number of aromatic nitrogens is 2. The number of benzene rings is 1. The number of nitrogens with zero attached hydrogens (tertiary/aromatic N) is 2. The van der Waals surface area contributed by atoms with Crippen molar-refractivity contribution >= 4 is 10.9 Å². The van der Waals surface area contributed by atoms with Gasteiger partial charge in [-0.3, -0.25) is 0 Å². The summed E-state index contributed by atoms with van der Waals surface area (Å²) in [5, 5.41) is 45.9. The van der Waals surface area contributed by atoms with E-state index in [2.05, 4.69) is 10.2 Å². The molecule has 0 saturated carbocycles. The Balaban J connectivity index is 2.30. The van der Waals surface area contributed by atoms with E-state index in [0.29, 0.717) is 5.52 Å². The molecule has 1 heterocycles. The van der Waals surface area contributed by atoms with Crippen LogP contribution in [0.15, 0.2) is 30.3 Å². The molecule has 0 amide bonds. The highest BCUT2D eigenvalue weighted by Gasteiger charge is 2.26. The van der Waals surface area contributed by atoms with Crippen LogP contribution in [0.4, 0.5) is 0 Å². The first-order chi connectivity index (χ1) is 8.63. The molecule has 18 heavy (non-hydrogen) atoms. The zero-order valence-electron chi connectivity index (χ0n) is 9.51. The maximum absolute atomic E-state index is 9.83. The fourth-order valence-electron chi connectivity index (χ4n) is 1.64. The molecule has 0 spiro atoms. The van der Waals surface area contributed by atoms with E-state index in [4.69, 9.17) is 5.11 Å². The van der Waals surface area contributed by atoms with Gasteiger partial charge in [0.05, 0.1) is 17.8 Å². The second kappa shape index (κ2) is 5.36. The van der Waals surface area contributed by atoms with Gasteiger partial charge in [0.2, 0.25) is 0 Å². The van der Waals surface area contributed by atoms with Crippen molar-refractivity contribution in [2.24, 2.45) is 0 Å². The summed E-state index contributed by atoms with van der Waals surface area (Å²) in [5.41, 5.74) is 0.819. The van der Waals surface area contributed by atoms with E-state index in [0.717, 1.165) is 5.39 Å². The zero-order chi connectivity index (χ0) is 13.1. The van der Waals surface area contributed by atoms with Crippen LogP contribution in [0.1, 0.15) is 11.8 Å². The number of fused-ring (bicyclic) bond motifs is 1. The molecule has 6 nitrogen and oxygen atoms in total. The SMILES string of the molecule is OCC(O)C(O)C(O)c1cc2ccccc2nn1. The number of rotatable bonds is 4. The molecule has 0 aliphatic carbocycles. The van der Waals surface area contributed by atoms with E-state index >= 15 is 0 Å². The fourth-order valence-corrected chi connectivity index (χ4v) is 1.64. The smallest absolute Gasteiger partial charge is 0.126 e. The Labute approximate surface area is 103 Å². The molecule has 0 bridgehead atoms. The summed E-state index contributed by atoms with van der Waals surface area (Å²) in [6.45, 7) is -0.640. The van der Waals surface area contributed by atoms with Crippen molar-refractivity contribution in [3.63, 3.8) is 0 Å². The highest BCUT2D eigenvalue weighted by atomic mass is 16.4. The summed E-state index contributed by atoms with van der Waals surface area (Å²) in [5.74, 6) is 0. The van der Waals surface area contributed by atoms with E-state index in [1.807, 2.05) is 12.1 Å². The molecule has 2 rings (SSSR count). The standard InChI is InChI=1S/C12H14N2O4/c15-6-10(16)12(18)11(17)9-5-7-3-1-2-4-8(7)13-14-9/h1-5,10-12,15-18H,6H2. The van der Waals surface area contributed by atoms with Gasteiger partial charge in [-0.1, -0.05) is 18.2 Å². The van der Waals surface area contributed by atoms with Gasteiger partial charge in [0.25, 0.3) is 0 Å². The van der Waals surface area contributed by atoms with E-state index < -0.39 is 24.9 Å². The third-order valence-electron chi connectivity index (χ3n) is 2.72. The molecule has 3 atom stereocenters. The van der Waals surface area contributed by atoms with Crippen LogP contribution in [0, 0.1) is 0 Å². The van der Waals surface area contributed by atoms with Crippen LogP contribution in [0.3, 0.4) is 0 Å². The summed E-state index contributed by atoms with van der Waals surface area (Å²) in [7, 11) is 0. The van der Waals surface area contributed by atoms with Gasteiger partial charge in [0, 0.05) is 5.39 Å². The van der Waals surface area contributed by atoms with Crippen molar-refractivity contribution in [2.75, 3.05) is 6.61 Å². The van der Waals surface area contributed by atoms with Crippen molar-refractivity contribution in [1.29, 1.82) is 0 Å². The second-order valence-corrected chi connectivity index (χ2v) is 4.01. The molecular formula is C12H14N2O4. The minimum atomic E-state index is -1.51. The maximum Gasteiger partial charge on any atom is 0.126 e. The molecule has 1 aromatic carbocycles. The molecule has 0 aliphatic rings. The van der Waals surface area contributed by atoms with Gasteiger partial charge in [0.1, 0.15) is 18.3 Å². The van der Waals surface area contributed by atoms with Crippen LogP contribution in [0.25, 0.3) is 10.9 Å². The lowest BCUT2D eigenvalue weighted by Crippen LogP contribution is -2.35. The van der Waals surface area contributed by atoms with Crippen LogP contribution < -0.4 is 0 Å². The Morgan fingerprint density at radius 1 is 1.06 bits per heavy atom. The number of hydrogen-bond donors (Lipinski definition) is 4. The average molecular weight is 250 g/mol. The van der Waals surface area contributed by atoms with Crippen molar-refractivity contribution in [1.82, 2.24) is 10.2 Å². The normalized spacial score (nSPS) is 16.4. The van der Waals surface area contributed by atoms with Gasteiger partial charge in [-0.05, 0) is 12.1 Å². The lowest BCUT2D eigenvalue weighted by molar-refractivity contribution is -0.0791. The summed E-state index contributed by atoms with van der Waals surface area (Å²) in [6, 6.07) is 8.80. The molecule has 96 valence electrons. The molecule has 3 unspecified atom stereocenters. The number of hydrogen-bond acceptors (Lipinski definition) is 6. The van der Waals surface area contributed by atoms with Gasteiger partial charge in [0.15, 0.2) is 0 Å². The summed E-state index contributed by atoms with van der Waals surface area (Å²) in [4.78, 5) is 0. The van der Waals surface area contributed by atoms with Gasteiger partial charge >= 0.3 is 0 Å². The molecule has 1 aromatic heterocycles. The second-order valence-electron chi connectivity index (χ2n) is 4.01. The molecule has 2 aromatic rings. The molecule has 4 N–H and O–H groups in total. The molecule has 0 aliphatic heterocycles. The zero-order valence-corrected chi connectivity index (χ0v) is 9.51. The van der Waals surface area contributed by atoms with E-state index in [1.54, 1.807) is 18.2 Å². The van der Waals surface area contributed by atoms with Gasteiger partial charge < -0.3 is 20.4 Å². The average Bonchev–Trinajstić information content (AvgIpc) is 2.44. The van der Waals surface area contributed by atoms with Crippen molar-refractivity contribution < 1.29 is 20.4 Å². The van der Waals surface area contributed by atoms with Crippen LogP contribution in [0.5, 0.6) is 0 Å². The quantitative estimate of drug-likeness (QED) is 0.576. The highest BCUT2D eigenvalue weighted by molar-refractivity contribution is 5.77. The van der Waals surface area contributed by atoms with Gasteiger partial charge in [-0.15, -0.1) is 0 Å². The third-order valence-corrected chi connectivity index (χ3v) is 2.72. The fraction of sp³-hybridized carbons (Fsp3) is 0.333. The van der Waals surface area contributed by atoms with Gasteiger partial charge in [-0.25, -0.2) is 0 Å². The topological polar surface area (TPSA) is 107 Å². The van der Waals surface area contributed by atoms with Crippen LogP contribution >= 0.6 is 0 Å². The van der Waals surface area contributed by atoms with Crippen molar-refractivity contribution in [2.45, 2.75) is 18.3 Å². The first-order valence-corrected chi connectivity index (χ1v) is 5.51. The van der Waals surface area contributed by atoms with Crippen LogP contribution in [-0.4, -0.2) is 49.4 Å². The van der Waals surface area contributed by atoms with E-state index in [-0.39, 0.29) is 5.69 Å². The highest BCUT2D eigenvalue weighted by Crippen LogP contribution is 2.20. The number of aliphatic hydroxyl groups is 4. The lowest BCUT2D eigenvalue weighted by Gasteiger charge is -2.20. The Morgan fingerprint density at radius 2 is 1.78 bits per heavy atom. The third kappa shape index (κ3) is 2.46. The minimum Gasteiger partial charge on any atom is -0.394 e. The minimum absolute atomic E-state index is 0.147. The predicted octanol–water partition coefficient (Wildman–Crippen LogP) is -0.623. The Hall–Kier alpha value is -1.60. The first-order valence-electron chi connectivity index (χ1n) is 5.51.